The Morgan fingerprint density at radius 2 is 1.90 bits per heavy atom. The zero-order valence-electron chi connectivity index (χ0n) is 13.4. The molecule has 0 aromatic heterocycles. The van der Waals surface area contributed by atoms with Gasteiger partial charge < -0.3 is 5.32 Å². The normalized spacial score (nSPS) is 18.1. The van der Waals surface area contributed by atoms with Gasteiger partial charge in [-0.3, -0.25) is 0 Å². The number of rotatable bonds is 5. The van der Waals surface area contributed by atoms with Crippen LogP contribution in [0, 0.1) is 17.7 Å². The third-order valence-electron chi connectivity index (χ3n) is 4.38. The highest BCUT2D eigenvalue weighted by Crippen LogP contribution is 2.33. The van der Waals surface area contributed by atoms with Gasteiger partial charge in [0.05, 0.1) is 0 Å². The number of benzene rings is 1. The van der Waals surface area contributed by atoms with Gasteiger partial charge in [-0.2, -0.15) is 0 Å². The van der Waals surface area contributed by atoms with Gasteiger partial charge in [0.15, 0.2) is 0 Å². The van der Waals surface area contributed by atoms with E-state index >= 15 is 0 Å². The van der Waals surface area contributed by atoms with E-state index in [1.807, 2.05) is 0 Å². The average Bonchev–Trinajstić information content (AvgIpc) is 2.85. The summed E-state index contributed by atoms with van der Waals surface area (Å²) in [5, 5.41) is 3.64. The summed E-state index contributed by atoms with van der Waals surface area (Å²) in [6.45, 7) is 7.63. The molecule has 1 aliphatic rings. The van der Waals surface area contributed by atoms with Crippen molar-refractivity contribution in [1.82, 2.24) is 5.32 Å². The van der Waals surface area contributed by atoms with Gasteiger partial charge in [0.1, 0.15) is 5.82 Å². The number of hydrogen-bond donors (Lipinski definition) is 1. The van der Waals surface area contributed by atoms with E-state index in [0.29, 0.717) is 5.92 Å². The van der Waals surface area contributed by atoms with Crippen molar-refractivity contribution >= 4 is 15.9 Å². The second-order valence-corrected chi connectivity index (χ2v) is 8.33. The minimum absolute atomic E-state index is 0.138. The minimum Gasteiger partial charge on any atom is -0.312 e. The molecule has 0 aliphatic heterocycles. The molecule has 1 fully saturated rings. The van der Waals surface area contributed by atoms with Crippen molar-refractivity contribution < 1.29 is 4.39 Å². The van der Waals surface area contributed by atoms with E-state index in [9.17, 15) is 4.39 Å². The quantitative estimate of drug-likeness (QED) is 0.752. The van der Waals surface area contributed by atoms with Gasteiger partial charge in [-0.25, -0.2) is 4.39 Å². The molecule has 1 aromatic rings. The lowest BCUT2D eigenvalue weighted by atomic mass is 9.85. The molecular weight excluding hydrogens is 329 g/mol. The van der Waals surface area contributed by atoms with Crippen molar-refractivity contribution in [2.24, 2.45) is 11.8 Å². The Morgan fingerprint density at radius 3 is 2.48 bits per heavy atom. The topological polar surface area (TPSA) is 12.0 Å². The summed E-state index contributed by atoms with van der Waals surface area (Å²) in [5.74, 6) is 1.23. The van der Waals surface area contributed by atoms with Gasteiger partial charge in [0, 0.05) is 10.0 Å². The molecule has 1 nitrogen and oxygen atoms in total. The summed E-state index contributed by atoms with van der Waals surface area (Å²) in [7, 11) is 0. The summed E-state index contributed by atoms with van der Waals surface area (Å²) in [6, 6.07) is 5.27. The highest BCUT2D eigenvalue weighted by atomic mass is 79.9. The lowest BCUT2D eigenvalue weighted by Crippen LogP contribution is -2.41. The van der Waals surface area contributed by atoms with Gasteiger partial charge in [0.2, 0.25) is 0 Å². The van der Waals surface area contributed by atoms with Crippen LogP contribution in [-0.4, -0.2) is 12.1 Å². The van der Waals surface area contributed by atoms with Crippen LogP contribution in [0.2, 0.25) is 0 Å². The Morgan fingerprint density at radius 1 is 1.24 bits per heavy atom. The van der Waals surface area contributed by atoms with Crippen molar-refractivity contribution in [1.29, 1.82) is 0 Å². The van der Waals surface area contributed by atoms with E-state index in [1.165, 1.54) is 31.7 Å². The van der Waals surface area contributed by atoms with E-state index < -0.39 is 0 Å². The summed E-state index contributed by atoms with van der Waals surface area (Å²) in [4.78, 5) is 0. The van der Waals surface area contributed by atoms with Crippen LogP contribution in [0.5, 0.6) is 0 Å². The number of nitrogens with one attached hydrogen (secondary N) is 1. The second kappa shape index (κ2) is 7.23. The maximum atomic E-state index is 13.6. The molecule has 118 valence electrons. The maximum absolute atomic E-state index is 13.6. The highest BCUT2D eigenvalue weighted by Gasteiger charge is 2.26. The first-order valence-corrected chi connectivity index (χ1v) is 8.83. The first-order valence-electron chi connectivity index (χ1n) is 8.03. The van der Waals surface area contributed by atoms with E-state index in [2.05, 4.69) is 48.1 Å². The van der Waals surface area contributed by atoms with Crippen LogP contribution >= 0.6 is 15.9 Å². The summed E-state index contributed by atoms with van der Waals surface area (Å²) in [6.07, 6.45) is 6.32. The first-order chi connectivity index (χ1) is 9.83. The summed E-state index contributed by atoms with van der Waals surface area (Å²) in [5.41, 5.74) is 1.24. The molecule has 1 saturated carbocycles. The van der Waals surface area contributed by atoms with Gasteiger partial charge in [-0.15, -0.1) is 0 Å². The molecule has 0 radical (unpaired) electrons. The Kier molecular flexibility index (Phi) is 5.84. The lowest BCUT2D eigenvalue weighted by molar-refractivity contribution is 0.286. The van der Waals surface area contributed by atoms with Crippen molar-refractivity contribution in [2.75, 3.05) is 6.54 Å². The van der Waals surface area contributed by atoms with Crippen molar-refractivity contribution in [3.05, 3.63) is 34.1 Å². The fourth-order valence-corrected chi connectivity index (χ4v) is 3.82. The van der Waals surface area contributed by atoms with Gasteiger partial charge in [-0.1, -0.05) is 41.6 Å². The molecule has 1 atom stereocenters. The molecule has 1 N–H and O–H groups in total. The largest absolute Gasteiger partial charge is 0.312 e. The fourth-order valence-electron chi connectivity index (χ4n) is 3.30. The first kappa shape index (κ1) is 17.0. The molecule has 1 aromatic carbocycles. The molecule has 0 bridgehead atoms. The zero-order valence-corrected chi connectivity index (χ0v) is 15.0. The highest BCUT2D eigenvalue weighted by molar-refractivity contribution is 9.10. The van der Waals surface area contributed by atoms with Crippen LogP contribution in [0.4, 0.5) is 4.39 Å². The number of hydrogen-bond acceptors (Lipinski definition) is 1. The van der Waals surface area contributed by atoms with Gasteiger partial charge >= 0.3 is 0 Å². The molecule has 1 aliphatic carbocycles. The molecule has 1 unspecified atom stereocenters. The molecule has 0 spiro atoms. The van der Waals surface area contributed by atoms with E-state index in [4.69, 9.17) is 0 Å². The molecule has 0 amide bonds. The van der Waals surface area contributed by atoms with E-state index in [-0.39, 0.29) is 11.4 Å². The molecule has 3 heteroatoms. The van der Waals surface area contributed by atoms with Gasteiger partial charge in [0.25, 0.3) is 0 Å². The van der Waals surface area contributed by atoms with Crippen molar-refractivity contribution in [3.8, 4) is 0 Å². The molecule has 0 saturated heterocycles. The van der Waals surface area contributed by atoms with Crippen LogP contribution in [0.25, 0.3) is 0 Å². The molecular formula is C18H27BrFN. The van der Waals surface area contributed by atoms with Crippen molar-refractivity contribution in [2.45, 2.75) is 58.4 Å². The monoisotopic (exact) mass is 355 g/mol. The maximum Gasteiger partial charge on any atom is 0.124 e. The SMILES string of the molecule is CC(C)(C)NCC(Cc1cc(F)cc(Br)c1)C1CCCC1. The third kappa shape index (κ3) is 5.71. The predicted octanol–water partition coefficient (Wildman–Crippen LogP) is 5.33. The Balaban J connectivity index is 2.07. The lowest BCUT2D eigenvalue weighted by Gasteiger charge is -2.29. The average molecular weight is 356 g/mol. The summed E-state index contributed by atoms with van der Waals surface area (Å²) >= 11 is 3.40. The third-order valence-corrected chi connectivity index (χ3v) is 4.84. The molecule has 0 heterocycles. The minimum atomic E-state index is -0.145. The smallest absolute Gasteiger partial charge is 0.124 e. The standard InChI is InChI=1S/C18H27BrFN/c1-18(2,3)21-12-15(14-6-4-5-7-14)8-13-9-16(19)11-17(20)10-13/h9-11,14-15,21H,4-8,12H2,1-3H3. The molecule has 21 heavy (non-hydrogen) atoms. The fraction of sp³-hybridized carbons (Fsp3) is 0.667. The van der Waals surface area contributed by atoms with Crippen LogP contribution in [0.3, 0.4) is 0 Å². The second-order valence-electron chi connectivity index (χ2n) is 7.42. The number of halogens is 2. The summed E-state index contributed by atoms with van der Waals surface area (Å²) < 4.78 is 14.4. The van der Waals surface area contributed by atoms with Crippen LogP contribution in [0.1, 0.15) is 52.0 Å². The van der Waals surface area contributed by atoms with E-state index in [0.717, 1.165) is 28.9 Å². The van der Waals surface area contributed by atoms with E-state index in [1.54, 1.807) is 6.07 Å². The Labute approximate surface area is 136 Å². The molecule has 2 rings (SSSR count). The van der Waals surface area contributed by atoms with Gasteiger partial charge in [-0.05, 0) is 69.3 Å². The Hall–Kier alpha value is -0.410. The predicted molar refractivity (Wildman–Crippen MR) is 91.0 cm³/mol. The van der Waals surface area contributed by atoms with Crippen LogP contribution in [0.15, 0.2) is 22.7 Å². The van der Waals surface area contributed by atoms with Crippen molar-refractivity contribution in [3.63, 3.8) is 0 Å². The Bertz CT molecular complexity index is 441. The van der Waals surface area contributed by atoms with Crippen LogP contribution in [-0.2, 0) is 6.42 Å². The van der Waals surface area contributed by atoms with Crippen LogP contribution < -0.4 is 5.32 Å². The zero-order chi connectivity index (χ0) is 15.5.